The van der Waals surface area contributed by atoms with Crippen LogP contribution in [0.4, 0.5) is 5.69 Å². The largest absolute Gasteiger partial charge is 0.355 e. The van der Waals surface area contributed by atoms with Gasteiger partial charge in [-0.1, -0.05) is 6.07 Å². The van der Waals surface area contributed by atoms with Crippen molar-refractivity contribution in [2.75, 3.05) is 13.1 Å². The number of rotatable bonds is 6. The second-order valence-electron chi connectivity index (χ2n) is 4.09. The summed E-state index contributed by atoms with van der Waals surface area (Å²) in [6, 6.07) is 3.63. The van der Waals surface area contributed by atoms with E-state index in [2.05, 4.69) is 10.0 Å². The van der Waals surface area contributed by atoms with Crippen LogP contribution in [0.15, 0.2) is 23.1 Å². The van der Waals surface area contributed by atoms with E-state index in [0.717, 1.165) is 6.07 Å². The van der Waals surface area contributed by atoms with Crippen molar-refractivity contribution < 1.29 is 18.1 Å². The van der Waals surface area contributed by atoms with E-state index in [9.17, 15) is 23.3 Å². The zero-order chi connectivity index (χ0) is 15.3. The Morgan fingerprint density at radius 2 is 2.00 bits per heavy atom. The van der Waals surface area contributed by atoms with Gasteiger partial charge in [0.05, 0.1) is 9.82 Å². The number of nitrogens with one attached hydrogen (secondary N) is 2. The van der Waals surface area contributed by atoms with E-state index in [1.54, 1.807) is 6.92 Å². The zero-order valence-electron chi connectivity index (χ0n) is 11.0. The van der Waals surface area contributed by atoms with E-state index >= 15 is 0 Å². The van der Waals surface area contributed by atoms with Crippen molar-refractivity contribution in [3.63, 3.8) is 0 Å². The quantitative estimate of drug-likeness (QED) is 0.445. The third kappa shape index (κ3) is 4.28. The van der Waals surface area contributed by atoms with Crippen LogP contribution in [0.5, 0.6) is 0 Å². The number of nitro benzene ring substituents is 1. The number of hydrogen-bond acceptors (Lipinski definition) is 5. The maximum Gasteiger partial charge on any atom is 0.270 e. The molecule has 0 heterocycles. The van der Waals surface area contributed by atoms with Gasteiger partial charge >= 0.3 is 0 Å². The second-order valence-corrected chi connectivity index (χ2v) is 5.82. The molecule has 8 nitrogen and oxygen atoms in total. The molecule has 2 N–H and O–H groups in total. The molecule has 0 spiro atoms. The van der Waals surface area contributed by atoms with Crippen LogP contribution in [0, 0.1) is 17.0 Å². The molecule has 20 heavy (non-hydrogen) atoms. The fourth-order valence-electron chi connectivity index (χ4n) is 1.49. The average molecular weight is 301 g/mol. The first-order chi connectivity index (χ1) is 9.24. The lowest BCUT2D eigenvalue weighted by molar-refractivity contribution is -0.385. The topological polar surface area (TPSA) is 118 Å². The third-order valence-electron chi connectivity index (χ3n) is 2.46. The summed E-state index contributed by atoms with van der Waals surface area (Å²) in [4.78, 5) is 20.5. The molecule has 0 unspecified atom stereocenters. The molecule has 0 aliphatic carbocycles. The normalized spacial score (nSPS) is 11.1. The molecular weight excluding hydrogens is 286 g/mol. The van der Waals surface area contributed by atoms with Crippen LogP contribution < -0.4 is 10.0 Å². The molecule has 1 aromatic carbocycles. The maximum atomic E-state index is 12.0. The molecule has 110 valence electrons. The maximum absolute atomic E-state index is 12.0. The molecular formula is C11H15N3O5S. The molecule has 0 saturated heterocycles. The number of nitro groups is 1. The Morgan fingerprint density at radius 1 is 1.35 bits per heavy atom. The summed E-state index contributed by atoms with van der Waals surface area (Å²) in [5, 5.41) is 13.1. The van der Waals surface area contributed by atoms with Gasteiger partial charge in [-0.2, -0.15) is 0 Å². The standard InChI is InChI=1S/C11H15N3O5S/c1-8-3-4-10(14(16)17)7-11(8)20(18,19)13-6-5-12-9(2)15/h3-4,7,13H,5-6H2,1-2H3,(H,12,15). The molecule has 0 aromatic heterocycles. The van der Waals surface area contributed by atoms with Gasteiger partial charge in [-0.15, -0.1) is 0 Å². The Balaban J connectivity index is 2.89. The van der Waals surface area contributed by atoms with Crippen molar-refractivity contribution in [2.24, 2.45) is 0 Å². The highest BCUT2D eigenvalue weighted by Crippen LogP contribution is 2.21. The smallest absolute Gasteiger partial charge is 0.270 e. The minimum atomic E-state index is -3.85. The van der Waals surface area contributed by atoms with Crippen molar-refractivity contribution in [3.8, 4) is 0 Å². The summed E-state index contributed by atoms with van der Waals surface area (Å²) in [7, 11) is -3.85. The van der Waals surface area contributed by atoms with Crippen molar-refractivity contribution in [1.82, 2.24) is 10.0 Å². The molecule has 0 saturated carbocycles. The number of non-ortho nitro benzene ring substituents is 1. The average Bonchev–Trinajstić information content (AvgIpc) is 2.34. The lowest BCUT2D eigenvalue weighted by Gasteiger charge is -2.09. The number of benzene rings is 1. The van der Waals surface area contributed by atoms with Crippen LogP contribution >= 0.6 is 0 Å². The van der Waals surface area contributed by atoms with Gasteiger partial charge in [-0.3, -0.25) is 14.9 Å². The molecule has 0 aliphatic rings. The lowest BCUT2D eigenvalue weighted by Crippen LogP contribution is -2.33. The number of aryl methyl sites for hydroxylation is 1. The SMILES string of the molecule is CC(=O)NCCNS(=O)(=O)c1cc([N+](=O)[O-])ccc1C. The Morgan fingerprint density at radius 3 is 2.55 bits per heavy atom. The summed E-state index contributed by atoms with van der Waals surface area (Å²) in [5.74, 6) is -0.268. The third-order valence-corrected chi connectivity index (χ3v) is 4.07. The van der Waals surface area contributed by atoms with E-state index in [1.165, 1.54) is 19.1 Å². The first-order valence-corrected chi connectivity index (χ1v) is 7.21. The van der Waals surface area contributed by atoms with Crippen LogP contribution in [0.2, 0.25) is 0 Å². The molecule has 1 rings (SSSR count). The fourth-order valence-corrected chi connectivity index (χ4v) is 2.79. The van der Waals surface area contributed by atoms with Crippen molar-refractivity contribution in [1.29, 1.82) is 0 Å². The summed E-state index contributed by atoms with van der Waals surface area (Å²) in [6.45, 7) is 3.01. The number of amides is 1. The summed E-state index contributed by atoms with van der Waals surface area (Å²) in [5.41, 5.74) is 0.112. The van der Waals surface area contributed by atoms with Gasteiger partial charge in [-0.05, 0) is 12.5 Å². The Hall–Kier alpha value is -2.00. The molecule has 0 atom stereocenters. The number of nitrogens with zero attached hydrogens (tertiary/aromatic N) is 1. The fraction of sp³-hybridized carbons (Fsp3) is 0.364. The minimum absolute atomic E-state index is 0.00401. The van der Waals surface area contributed by atoms with E-state index in [1.807, 2.05) is 0 Å². The molecule has 1 amide bonds. The van der Waals surface area contributed by atoms with Crippen molar-refractivity contribution in [2.45, 2.75) is 18.7 Å². The molecule has 0 bridgehead atoms. The first-order valence-electron chi connectivity index (χ1n) is 5.73. The molecule has 0 aliphatic heterocycles. The highest BCUT2D eigenvalue weighted by Gasteiger charge is 2.19. The van der Waals surface area contributed by atoms with Crippen LogP contribution in [0.25, 0.3) is 0 Å². The van der Waals surface area contributed by atoms with Gasteiger partial charge in [-0.25, -0.2) is 13.1 Å². The van der Waals surface area contributed by atoms with Gasteiger partial charge in [0.25, 0.3) is 5.69 Å². The van der Waals surface area contributed by atoms with Crippen LogP contribution in [-0.4, -0.2) is 32.3 Å². The van der Waals surface area contributed by atoms with E-state index in [0.29, 0.717) is 5.56 Å². The summed E-state index contributed by atoms with van der Waals surface area (Å²) in [6.07, 6.45) is 0. The molecule has 0 fully saturated rings. The predicted octanol–water partition coefficient (Wildman–Crippen LogP) is 0.318. The molecule has 1 aromatic rings. The number of hydrogen-bond donors (Lipinski definition) is 2. The van der Waals surface area contributed by atoms with E-state index < -0.39 is 14.9 Å². The highest BCUT2D eigenvalue weighted by molar-refractivity contribution is 7.89. The van der Waals surface area contributed by atoms with Gasteiger partial charge in [0, 0.05) is 32.1 Å². The van der Waals surface area contributed by atoms with Crippen LogP contribution in [-0.2, 0) is 14.8 Å². The Labute approximate surface area is 116 Å². The highest BCUT2D eigenvalue weighted by atomic mass is 32.2. The number of carbonyl (C=O) groups is 1. The van der Waals surface area contributed by atoms with Crippen molar-refractivity contribution >= 4 is 21.6 Å². The second kappa shape index (κ2) is 6.44. The van der Waals surface area contributed by atoms with Gasteiger partial charge in [0.15, 0.2) is 0 Å². The van der Waals surface area contributed by atoms with Gasteiger partial charge in [0.1, 0.15) is 0 Å². The number of sulfonamides is 1. The van der Waals surface area contributed by atoms with E-state index in [4.69, 9.17) is 0 Å². The molecule has 0 radical (unpaired) electrons. The predicted molar refractivity (Wildman–Crippen MR) is 71.7 cm³/mol. The number of carbonyl (C=O) groups excluding carboxylic acids is 1. The Kier molecular flexibility index (Phi) is 5.17. The monoisotopic (exact) mass is 301 g/mol. The van der Waals surface area contributed by atoms with Crippen LogP contribution in [0.3, 0.4) is 0 Å². The molecule has 9 heteroatoms. The van der Waals surface area contributed by atoms with Crippen LogP contribution in [0.1, 0.15) is 12.5 Å². The van der Waals surface area contributed by atoms with Gasteiger partial charge in [0.2, 0.25) is 15.9 Å². The first kappa shape index (κ1) is 16.1. The van der Waals surface area contributed by atoms with Crippen molar-refractivity contribution in [3.05, 3.63) is 33.9 Å². The Bertz CT molecular complexity index is 627. The lowest BCUT2D eigenvalue weighted by atomic mass is 10.2. The summed E-state index contributed by atoms with van der Waals surface area (Å²) < 4.78 is 26.3. The minimum Gasteiger partial charge on any atom is -0.355 e. The van der Waals surface area contributed by atoms with Gasteiger partial charge < -0.3 is 5.32 Å². The zero-order valence-corrected chi connectivity index (χ0v) is 11.9. The summed E-state index contributed by atoms with van der Waals surface area (Å²) >= 11 is 0. The van der Waals surface area contributed by atoms with E-state index in [-0.39, 0.29) is 29.6 Å².